The van der Waals surface area contributed by atoms with Gasteiger partial charge in [0.05, 0.1) is 26.4 Å². The summed E-state index contributed by atoms with van der Waals surface area (Å²) in [5.74, 6) is -0.866. The second-order valence-electron chi connectivity index (χ2n) is 11.0. The molecule has 0 amide bonds. The summed E-state index contributed by atoms with van der Waals surface area (Å²) in [6.45, 7) is 3.16. The smallest absolute Gasteiger partial charge is 0.434 e. The molecule has 2 aliphatic carbocycles. The van der Waals surface area contributed by atoms with Crippen molar-refractivity contribution < 1.29 is 56.4 Å². The fourth-order valence-corrected chi connectivity index (χ4v) is 6.11. The zero-order valence-corrected chi connectivity index (χ0v) is 26.9. The zero-order valence-electron chi connectivity index (χ0n) is 26.0. The van der Waals surface area contributed by atoms with Gasteiger partial charge < -0.3 is 24.7 Å². The molecule has 43 heavy (non-hydrogen) atoms. The summed E-state index contributed by atoms with van der Waals surface area (Å²) < 4.78 is 49.0. The third kappa shape index (κ3) is 15.2. The summed E-state index contributed by atoms with van der Waals surface area (Å²) in [5.41, 5.74) is 6.19. The largest absolute Gasteiger partial charge is 0.508 e. The number of hydrogen-bond acceptors (Lipinski definition) is 11. The number of hydroxylamine groups is 3. The van der Waals surface area contributed by atoms with Gasteiger partial charge in [-0.1, -0.05) is 30.8 Å². The van der Waals surface area contributed by atoms with Crippen molar-refractivity contribution in [1.82, 2.24) is 0 Å². The molecule has 2 rings (SSSR count). The van der Waals surface area contributed by atoms with E-state index in [1.54, 1.807) is 0 Å². The van der Waals surface area contributed by atoms with E-state index in [0.29, 0.717) is 13.0 Å². The van der Waals surface area contributed by atoms with Gasteiger partial charge in [-0.25, -0.2) is 18.9 Å². The van der Waals surface area contributed by atoms with Crippen LogP contribution in [-0.4, -0.2) is 81.1 Å². The van der Waals surface area contributed by atoms with Gasteiger partial charge in [0.2, 0.25) is 0 Å². The number of guanidine groups is 1. The first-order valence-electron chi connectivity index (χ1n) is 15.5. The quantitative estimate of drug-likeness (QED) is 0.0404. The monoisotopic (exact) mass is 636 g/mol. The molecular weight excluding hydrogens is 585 g/mol. The molecule has 0 bridgehead atoms. The molecule has 15 heteroatoms. The van der Waals surface area contributed by atoms with Crippen LogP contribution in [0.25, 0.3) is 0 Å². The lowest BCUT2D eigenvalue weighted by molar-refractivity contribution is -1.00. The number of hydrogen-bond donors (Lipinski definition) is 1. The topological polar surface area (TPSA) is 171 Å². The lowest BCUT2D eigenvalue weighted by Gasteiger charge is -2.28. The van der Waals surface area contributed by atoms with E-state index in [1.807, 2.05) is 6.92 Å². The number of carbonyl (C=O) groups excluding carboxylic acids is 3. The third-order valence-electron chi connectivity index (χ3n) is 7.13. The van der Waals surface area contributed by atoms with Crippen LogP contribution in [0.4, 0.5) is 9.59 Å². The van der Waals surface area contributed by atoms with Crippen molar-refractivity contribution in [1.29, 1.82) is 0 Å². The Morgan fingerprint density at radius 1 is 0.791 bits per heavy atom. The molecule has 0 aliphatic heterocycles. The molecule has 0 aromatic carbocycles. The molecule has 2 N–H and O–H groups in total. The molecular formula is C28H51N3O11P+. The summed E-state index contributed by atoms with van der Waals surface area (Å²) in [4.78, 5) is 41.1. The van der Waals surface area contributed by atoms with E-state index >= 15 is 0 Å². The van der Waals surface area contributed by atoms with Gasteiger partial charge in [0.25, 0.3) is 0 Å². The molecule has 0 spiro atoms. The van der Waals surface area contributed by atoms with Crippen LogP contribution in [0.2, 0.25) is 0 Å². The van der Waals surface area contributed by atoms with Crippen molar-refractivity contribution in [2.75, 3.05) is 40.0 Å². The molecule has 0 radical (unpaired) electrons. The van der Waals surface area contributed by atoms with E-state index in [4.69, 9.17) is 38.6 Å². The maximum atomic E-state index is 13.6. The standard InChI is InChI=1S/C28H51N3O11P/c1-4-5-18-31(3,42-23(2)32)26(29)30-43(35,38-21-12-19-36-27(33)40-24-14-8-6-9-15-24)39-22-13-20-37-28(34)41-25-16-10-7-11-17-25/h24-25H,4-22H2,1-3H3,(H2,29,30,35)/q+1. The third-order valence-corrected chi connectivity index (χ3v) is 8.60. The van der Waals surface area contributed by atoms with E-state index in [-0.39, 0.29) is 57.4 Å². The highest BCUT2D eigenvalue weighted by atomic mass is 31.2. The molecule has 0 saturated heterocycles. The second kappa shape index (κ2) is 19.8. The Kier molecular flexibility index (Phi) is 16.9. The molecule has 2 aliphatic rings. The molecule has 0 aromatic heterocycles. The maximum absolute atomic E-state index is 13.6. The van der Waals surface area contributed by atoms with E-state index in [1.165, 1.54) is 14.0 Å². The molecule has 1 unspecified atom stereocenters. The average molecular weight is 637 g/mol. The number of nitrogens with zero attached hydrogens (tertiary/aromatic N) is 2. The van der Waals surface area contributed by atoms with Crippen molar-refractivity contribution in [2.45, 2.75) is 116 Å². The highest BCUT2D eigenvalue weighted by molar-refractivity contribution is 7.52. The van der Waals surface area contributed by atoms with Crippen molar-refractivity contribution in [2.24, 2.45) is 10.5 Å². The molecule has 0 aromatic rings. The Labute approximate surface area is 255 Å². The molecule has 248 valence electrons. The van der Waals surface area contributed by atoms with Crippen LogP contribution in [0, 0.1) is 0 Å². The number of nitrogens with two attached hydrogens (primary N) is 1. The summed E-state index contributed by atoms with van der Waals surface area (Å²) in [6, 6.07) is 0. The number of carbonyl (C=O) groups is 3. The molecule has 0 heterocycles. The van der Waals surface area contributed by atoms with Gasteiger partial charge >= 0.3 is 32.0 Å². The normalized spacial score (nSPS) is 18.3. The summed E-state index contributed by atoms with van der Waals surface area (Å²) in [5, 5.41) is 0. The minimum absolute atomic E-state index is 0.0284. The van der Waals surface area contributed by atoms with Crippen LogP contribution in [0.15, 0.2) is 4.76 Å². The molecule has 1 atom stereocenters. The van der Waals surface area contributed by atoms with E-state index in [0.717, 1.165) is 70.6 Å². The van der Waals surface area contributed by atoms with Gasteiger partial charge in [0, 0.05) is 26.2 Å². The van der Waals surface area contributed by atoms with E-state index < -0.39 is 30.7 Å². The van der Waals surface area contributed by atoms with Gasteiger partial charge in [0.15, 0.2) is 0 Å². The van der Waals surface area contributed by atoms with E-state index in [2.05, 4.69) is 4.76 Å². The van der Waals surface area contributed by atoms with Crippen molar-refractivity contribution in [3.8, 4) is 0 Å². The maximum Gasteiger partial charge on any atom is 0.508 e. The highest BCUT2D eigenvalue weighted by Gasteiger charge is 2.37. The van der Waals surface area contributed by atoms with Crippen LogP contribution in [0.1, 0.15) is 104 Å². The fraction of sp³-hybridized carbons (Fsp3) is 0.857. The highest BCUT2D eigenvalue weighted by Crippen LogP contribution is 2.50. The summed E-state index contributed by atoms with van der Waals surface area (Å²) in [6.07, 6.45) is 9.73. The van der Waals surface area contributed by atoms with Crippen molar-refractivity contribution in [3.63, 3.8) is 0 Å². The number of quaternary nitrogens is 1. The number of rotatable bonds is 16. The predicted molar refractivity (Wildman–Crippen MR) is 157 cm³/mol. The molecule has 14 nitrogen and oxygen atoms in total. The second-order valence-corrected chi connectivity index (χ2v) is 12.7. The summed E-state index contributed by atoms with van der Waals surface area (Å²) in [7, 11) is -2.69. The van der Waals surface area contributed by atoms with Gasteiger partial charge in [0.1, 0.15) is 25.8 Å². The fourth-order valence-electron chi connectivity index (χ4n) is 4.76. The Morgan fingerprint density at radius 3 is 1.67 bits per heavy atom. The Morgan fingerprint density at radius 2 is 1.26 bits per heavy atom. The van der Waals surface area contributed by atoms with Crippen LogP contribution in [0.3, 0.4) is 0 Å². The Bertz CT molecular complexity index is 893. The predicted octanol–water partition coefficient (Wildman–Crippen LogP) is 5.92. The zero-order chi connectivity index (χ0) is 31.6. The van der Waals surface area contributed by atoms with Crippen LogP contribution < -0.4 is 5.73 Å². The molecule has 2 saturated carbocycles. The average Bonchev–Trinajstić information content (AvgIpc) is 2.96. The van der Waals surface area contributed by atoms with Crippen LogP contribution >= 0.6 is 7.75 Å². The lowest BCUT2D eigenvalue weighted by Crippen LogP contribution is -2.54. The van der Waals surface area contributed by atoms with Crippen LogP contribution in [0.5, 0.6) is 0 Å². The van der Waals surface area contributed by atoms with Gasteiger partial charge in [-0.3, -0.25) is 13.9 Å². The lowest BCUT2D eigenvalue weighted by atomic mass is 9.98. The first-order chi connectivity index (χ1) is 20.5. The van der Waals surface area contributed by atoms with Crippen molar-refractivity contribution in [3.05, 3.63) is 0 Å². The van der Waals surface area contributed by atoms with Crippen molar-refractivity contribution >= 4 is 32.0 Å². The van der Waals surface area contributed by atoms with Gasteiger partial charge in [-0.15, -0.1) is 4.76 Å². The van der Waals surface area contributed by atoms with Gasteiger partial charge in [-0.2, -0.15) is 0 Å². The number of unbranched alkanes of at least 4 members (excludes halogenated alkanes) is 1. The van der Waals surface area contributed by atoms with Gasteiger partial charge in [-0.05, 0) is 51.4 Å². The summed E-state index contributed by atoms with van der Waals surface area (Å²) >= 11 is 0. The van der Waals surface area contributed by atoms with E-state index in [9.17, 15) is 18.9 Å². The Hall–Kier alpha value is -2.41. The minimum Gasteiger partial charge on any atom is -0.434 e. The Balaban J connectivity index is 1.91. The SMILES string of the molecule is CCCC[N+](C)(OC(C)=O)C(N)=NP(=O)(OCCCOC(=O)OC1CCCCC1)OCCCOC(=O)OC1CCCCC1. The minimum atomic E-state index is -4.22. The van der Waals surface area contributed by atoms with Crippen LogP contribution in [-0.2, 0) is 42.2 Å². The molecule has 2 fully saturated rings. The first-order valence-corrected chi connectivity index (χ1v) is 17.0. The number of ether oxygens (including phenoxy) is 4. The first kappa shape index (κ1) is 36.8.